The summed E-state index contributed by atoms with van der Waals surface area (Å²) in [7, 11) is 4.54. The van der Waals surface area contributed by atoms with Crippen LogP contribution >= 0.6 is 0 Å². The molecule has 1 atom stereocenters. The predicted molar refractivity (Wildman–Crippen MR) is 83.4 cm³/mol. The maximum absolute atomic E-state index is 12.9. The summed E-state index contributed by atoms with van der Waals surface area (Å²) in [5.41, 5.74) is 0.392. The minimum absolute atomic E-state index is 0.0210. The van der Waals surface area contributed by atoms with Crippen molar-refractivity contribution in [2.45, 2.75) is 0 Å². The van der Waals surface area contributed by atoms with Crippen molar-refractivity contribution in [2.24, 2.45) is 5.92 Å². The van der Waals surface area contributed by atoms with E-state index in [0.717, 1.165) is 0 Å². The van der Waals surface area contributed by atoms with Gasteiger partial charge in [-0.05, 0) is 0 Å². The molecule has 0 aliphatic carbocycles. The van der Waals surface area contributed by atoms with Gasteiger partial charge in [-0.3, -0.25) is 4.79 Å². The first-order valence-corrected chi connectivity index (χ1v) is 7.42. The van der Waals surface area contributed by atoms with Gasteiger partial charge >= 0.3 is 0 Å². The van der Waals surface area contributed by atoms with Gasteiger partial charge in [-0.25, -0.2) is 0 Å². The molecule has 0 radical (unpaired) electrons. The molecule has 0 spiro atoms. The molecule has 1 N–H and O–H groups in total. The highest BCUT2D eigenvalue weighted by molar-refractivity contribution is 5.98. The average Bonchev–Trinajstić information content (AvgIpc) is 2.85. The van der Waals surface area contributed by atoms with Gasteiger partial charge in [0.1, 0.15) is 5.75 Å². The maximum Gasteiger partial charge on any atom is 0.257 e. The molecule has 7 nitrogen and oxygen atoms in total. The summed E-state index contributed by atoms with van der Waals surface area (Å²) in [6, 6.07) is 3.24. The lowest BCUT2D eigenvalue weighted by Crippen LogP contribution is -2.37. The molecular formula is C16H23NO6. The fraction of sp³-hybridized carbons (Fsp3) is 0.562. The number of aliphatic hydroxyl groups is 1. The summed E-state index contributed by atoms with van der Waals surface area (Å²) in [5, 5.41) is 9.36. The Kier molecular flexibility index (Phi) is 6.06. The Hall–Kier alpha value is -1.99. The number of methoxy groups -OCH3 is 3. The van der Waals surface area contributed by atoms with E-state index in [1.807, 2.05) is 0 Å². The van der Waals surface area contributed by atoms with E-state index in [-0.39, 0.29) is 18.4 Å². The summed E-state index contributed by atoms with van der Waals surface area (Å²) in [4.78, 5) is 14.5. The van der Waals surface area contributed by atoms with Crippen molar-refractivity contribution in [1.29, 1.82) is 0 Å². The zero-order valence-corrected chi connectivity index (χ0v) is 13.7. The van der Waals surface area contributed by atoms with Crippen LogP contribution in [0.2, 0.25) is 0 Å². The lowest BCUT2D eigenvalue weighted by Gasteiger charge is -2.24. The molecule has 1 aromatic carbocycles. The summed E-state index contributed by atoms with van der Waals surface area (Å²) in [6.07, 6.45) is 0. The highest BCUT2D eigenvalue weighted by atomic mass is 16.5. The van der Waals surface area contributed by atoms with E-state index >= 15 is 0 Å². The number of benzene rings is 1. The Balaban J connectivity index is 2.33. The van der Waals surface area contributed by atoms with Crippen LogP contribution in [-0.2, 0) is 4.74 Å². The molecule has 1 aliphatic rings. The molecule has 1 aromatic rings. The van der Waals surface area contributed by atoms with Crippen molar-refractivity contribution in [3.05, 3.63) is 17.7 Å². The van der Waals surface area contributed by atoms with Crippen molar-refractivity contribution in [3.8, 4) is 17.2 Å². The van der Waals surface area contributed by atoms with Gasteiger partial charge in [-0.1, -0.05) is 0 Å². The SMILES string of the molecule is COc1cc(OC)c(C(=O)N2CCOC[C@@H](CO)C2)cc1OC. The minimum Gasteiger partial charge on any atom is -0.496 e. The molecule has 1 fully saturated rings. The maximum atomic E-state index is 12.9. The van der Waals surface area contributed by atoms with Crippen LogP contribution in [-0.4, -0.2) is 70.2 Å². The van der Waals surface area contributed by atoms with Gasteiger partial charge in [-0.15, -0.1) is 0 Å². The van der Waals surface area contributed by atoms with Crippen molar-refractivity contribution in [1.82, 2.24) is 4.90 Å². The average molecular weight is 325 g/mol. The van der Waals surface area contributed by atoms with Gasteiger partial charge in [0.2, 0.25) is 0 Å². The number of carbonyl (C=O) groups excluding carboxylic acids is 1. The molecule has 0 aromatic heterocycles. The van der Waals surface area contributed by atoms with Crippen LogP contribution in [0, 0.1) is 5.92 Å². The van der Waals surface area contributed by atoms with Crippen LogP contribution in [0.5, 0.6) is 17.2 Å². The molecule has 1 aliphatic heterocycles. The summed E-state index contributed by atoms with van der Waals surface area (Å²) >= 11 is 0. The second-order valence-corrected chi connectivity index (χ2v) is 5.28. The van der Waals surface area contributed by atoms with E-state index in [2.05, 4.69) is 0 Å². The van der Waals surface area contributed by atoms with Crippen LogP contribution in [0.1, 0.15) is 10.4 Å². The smallest absolute Gasteiger partial charge is 0.257 e. The molecule has 1 saturated heterocycles. The van der Waals surface area contributed by atoms with Gasteiger partial charge in [0, 0.05) is 37.7 Å². The normalized spacial score (nSPS) is 18.3. The Morgan fingerprint density at radius 3 is 2.48 bits per heavy atom. The Bertz CT molecular complexity index is 548. The first-order valence-electron chi connectivity index (χ1n) is 7.42. The number of amides is 1. The van der Waals surface area contributed by atoms with E-state index in [1.165, 1.54) is 21.3 Å². The Morgan fingerprint density at radius 1 is 1.22 bits per heavy atom. The van der Waals surface area contributed by atoms with Crippen LogP contribution in [0.25, 0.3) is 0 Å². The standard InChI is InChI=1S/C16H23NO6/c1-20-13-7-15(22-3)14(21-2)6-12(13)16(19)17-4-5-23-10-11(8-17)9-18/h6-7,11,18H,4-5,8-10H2,1-3H3/t11-/m1/s1. The number of hydrogen-bond acceptors (Lipinski definition) is 6. The fourth-order valence-corrected chi connectivity index (χ4v) is 2.54. The number of hydrogen-bond donors (Lipinski definition) is 1. The monoisotopic (exact) mass is 325 g/mol. The number of rotatable bonds is 5. The van der Waals surface area contributed by atoms with Crippen LogP contribution in [0.15, 0.2) is 12.1 Å². The minimum atomic E-state index is -0.188. The van der Waals surface area contributed by atoms with Gasteiger partial charge < -0.3 is 29.0 Å². The summed E-state index contributed by atoms with van der Waals surface area (Å²) in [6.45, 7) is 1.77. The molecule has 0 saturated carbocycles. The Morgan fingerprint density at radius 2 is 1.87 bits per heavy atom. The van der Waals surface area contributed by atoms with Crippen molar-refractivity contribution in [2.75, 3.05) is 54.2 Å². The highest BCUT2D eigenvalue weighted by Gasteiger charge is 2.26. The van der Waals surface area contributed by atoms with Crippen molar-refractivity contribution < 1.29 is 28.8 Å². The molecule has 23 heavy (non-hydrogen) atoms. The summed E-state index contributed by atoms with van der Waals surface area (Å²) < 4.78 is 21.2. The molecule has 0 unspecified atom stereocenters. The highest BCUT2D eigenvalue weighted by Crippen LogP contribution is 2.35. The first-order chi connectivity index (χ1) is 11.1. The zero-order chi connectivity index (χ0) is 16.8. The second kappa shape index (κ2) is 8.03. The van der Waals surface area contributed by atoms with Crippen molar-refractivity contribution in [3.63, 3.8) is 0 Å². The lowest BCUT2D eigenvalue weighted by molar-refractivity contribution is 0.0724. The van der Waals surface area contributed by atoms with Gasteiger partial charge in [0.25, 0.3) is 5.91 Å². The van der Waals surface area contributed by atoms with Gasteiger partial charge in [0.05, 0.1) is 40.1 Å². The van der Waals surface area contributed by atoms with Gasteiger partial charge in [0.15, 0.2) is 11.5 Å². The molecule has 128 valence electrons. The third kappa shape index (κ3) is 3.86. The molecular weight excluding hydrogens is 302 g/mol. The number of ether oxygens (including phenoxy) is 4. The van der Waals surface area contributed by atoms with Crippen LogP contribution < -0.4 is 14.2 Å². The van der Waals surface area contributed by atoms with Gasteiger partial charge in [-0.2, -0.15) is 0 Å². The van der Waals surface area contributed by atoms with E-state index in [0.29, 0.717) is 49.1 Å². The van der Waals surface area contributed by atoms with E-state index in [1.54, 1.807) is 17.0 Å². The second-order valence-electron chi connectivity index (χ2n) is 5.28. The molecule has 7 heteroatoms. The lowest BCUT2D eigenvalue weighted by atomic mass is 10.1. The van der Waals surface area contributed by atoms with Crippen LogP contribution in [0.4, 0.5) is 0 Å². The van der Waals surface area contributed by atoms with E-state index in [9.17, 15) is 9.90 Å². The third-order valence-electron chi connectivity index (χ3n) is 3.82. The molecule has 1 heterocycles. The quantitative estimate of drug-likeness (QED) is 0.862. The van der Waals surface area contributed by atoms with E-state index < -0.39 is 0 Å². The first kappa shape index (κ1) is 17.4. The number of carbonyl (C=O) groups is 1. The molecule has 1 amide bonds. The summed E-state index contributed by atoms with van der Waals surface area (Å²) in [5.74, 6) is 1.09. The predicted octanol–water partition coefficient (Wildman–Crippen LogP) is 0.793. The van der Waals surface area contributed by atoms with E-state index in [4.69, 9.17) is 18.9 Å². The largest absolute Gasteiger partial charge is 0.496 e. The van der Waals surface area contributed by atoms with Crippen molar-refractivity contribution >= 4 is 5.91 Å². The zero-order valence-electron chi connectivity index (χ0n) is 13.7. The number of nitrogens with zero attached hydrogens (tertiary/aromatic N) is 1. The fourth-order valence-electron chi connectivity index (χ4n) is 2.54. The molecule has 2 rings (SSSR count). The van der Waals surface area contributed by atoms with Crippen LogP contribution in [0.3, 0.4) is 0 Å². The number of aliphatic hydroxyl groups excluding tert-OH is 1. The topological polar surface area (TPSA) is 77.5 Å². The Labute approximate surface area is 135 Å². The third-order valence-corrected chi connectivity index (χ3v) is 3.82. The molecule has 0 bridgehead atoms.